The minimum atomic E-state index is 0.561. The average Bonchev–Trinajstić information content (AvgIpc) is 4.08. The summed E-state index contributed by atoms with van der Waals surface area (Å²) in [6.45, 7) is 0. The number of aromatic nitrogens is 4. The molecule has 6 nitrogen and oxygen atoms in total. The van der Waals surface area contributed by atoms with Crippen LogP contribution >= 0.6 is 11.3 Å². The Kier molecular flexibility index (Phi) is 7.75. The van der Waals surface area contributed by atoms with Crippen molar-refractivity contribution in [3.63, 3.8) is 0 Å². The normalized spacial score (nSPS) is 12.0. The summed E-state index contributed by atoms with van der Waals surface area (Å²) in [6.07, 6.45) is 0. The van der Waals surface area contributed by atoms with Crippen molar-refractivity contribution in [2.45, 2.75) is 0 Å². The average molecular weight is 849 g/mol. The molecule has 0 bridgehead atoms. The predicted molar refractivity (Wildman–Crippen MR) is 267 cm³/mol. The Morgan fingerprint density at radius 3 is 1.54 bits per heavy atom. The minimum absolute atomic E-state index is 0.561. The summed E-state index contributed by atoms with van der Waals surface area (Å²) in [5, 5.41) is 9.96. The maximum atomic E-state index is 6.34. The number of fused-ring (bicyclic) bond motifs is 13. The number of rotatable bonds is 5. The van der Waals surface area contributed by atoms with E-state index in [2.05, 4.69) is 133 Å². The van der Waals surface area contributed by atoms with Crippen molar-refractivity contribution in [2.75, 3.05) is 0 Å². The fourth-order valence-electron chi connectivity index (χ4n) is 9.83. The summed E-state index contributed by atoms with van der Waals surface area (Å²) in [7, 11) is 0. The van der Waals surface area contributed by atoms with Crippen LogP contribution in [0.2, 0.25) is 0 Å². The number of furan rings is 2. The van der Waals surface area contributed by atoms with Gasteiger partial charge in [0.15, 0.2) is 17.5 Å². The Bertz CT molecular complexity index is 4110. The highest BCUT2D eigenvalue weighted by atomic mass is 32.1. The van der Waals surface area contributed by atoms with Gasteiger partial charge in [-0.2, -0.15) is 0 Å². The van der Waals surface area contributed by atoms with Crippen LogP contribution in [0.5, 0.6) is 0 Å². The van der Waals surface area contributed by atoms with Gasteiger partial charge in [0.05, 0.1) is 11.2 Å². The maximum absolute atomic E-state index is 6.34. The molecule has 302 valence electrons. The van der Waals surface area contributed by atoms with Gasteiger partial charge in [-0.1, -0.05) is 152 Å². The van der Waals surface area contributed by atoms with Crippen molar-refractivity contribution in [2.24, 2.45) is 0 Å². The molecule has 0 N–H and O–H groups in total. The lowest BCUT2D eigenvalue weighted by Gasteiger charge is -2.15. The fraction of sp³-hybridized carbons (Fsp3) is 0. The molecule has 0 fully saturated rings. The number of nitrogens with zero attached hydrogens (tertiary/aromatic N) is 4. The van der Waals surface area contributed by atoms with Gasteiger partial charge in [-0.25, -0.2) is 19.9 Å². The quantitative estimate of drug-likeness (QED) is 0.161. The largest absolute Gasteiger partial charge is 0.456 e. The highest BCUT2D eigenvalue weighted by Crippen LogP contribution is 2.48. The van der Waals surface area contributed by atoms with E-state index in [1.54, 1.807) is 0 Å². The van der Waals surface area contributed by atoms with Gasteiger partial charge in [0, 0.05) is 85.7 Å². The molecule has 5 aromatic heterocycles. The highest BCUT2D eigenvalue weighted by molar-refractivity contribution is 7.26. The van der Waals surface area contributed by atoms with Gasteiger partial charge in [-0.3, -0.25) is 0 Å². The smallest absolute Gasteiger partial charge is 0.164 e. The number of hydrogen-bond acceptors (Lipinski definition) is 7. The molecule has 0 aliphatic carbocycles. The topological polar surface area (TPSA) is 77.8 Å². The second-order valence-corrected chi connectivity index (χ2v) is 17.5. The first-order valence-corrected chi connectivity index (χ1v) is 22.4. The fourth-order valence-corrected chi connectivity index (χ4v) is 11.1. The van der Waals surface area contributed by atoms with Crippen LogP contribution in [0.4, 0.5) is 0 Å². The van der Waals surface area contributed by atoms with Crippen molar-refractivity contribution < 1.29 is 8.83 Å². The van der Waals surface area contributed by atoms with Crippen LogP contribution in [-0.4, -0.2) is 19.9 Å². The van der Waals surface area contributed by atoms with E-state index < -0.39 is 0 Å². The van der Waals surface area contributed by atoms with Crippen LogP contribution in [0.1, 0.15) is 0 Å². The summed E-state index contributed by atoms with van der Waals surface area (Å²) >= 11 is 1.84. The molecule has 9 aromatic carbocycles. The maximum Gasteiger partial charge on any atom is 0.164 e. The molecule has 0 unspecified atom stereocenters. The molecule has 0 saturated carbocycles. The Hall–Kier alpha value is -8.52. The molecule has 0 atom stereocenters. The van der Waals surface area contributed by atoms with Crippen LogP contribution in [0.3, 0.4) is 0 Å². The molecule has 14 rings (SSSR count). The van der Waals surface area contributed by atoms with E-state index in [1.807, 2.05) is 72.0 Å². The van der Waals surface area contributed by atoms with Crippen LogP contribution in [0, 0.1) is 0 Å². The van der Waals surface area contributed by atoms with Crippen LogP contribution in [0.25, 0.3) is 142 Å². The van der Waals surface area contributed by atoms with Crippen molar-refractivity contribution in [3.05, 3.63) is 194 Å². The molecule has 14 aromatic rings. The number of thiophene rings is 1. The molecule has 0 aliphatic heterocycles. The molecule has 7 heteroatoms. The summed E-state index contributed by atoms with van der Waals surface area (Å²) in [6, 6.07) is 67.3. The summed E-state index contributed by atoms with van der Waals surface area (Å²) in [4.78, 5) is 21.1. The van der Waals surface area contributed by atoms with E-state index in [9.17, 15) is 0 Å². The highest BCUT2D eigenvalue weighted by Gasteiger charge is 2.23. The zero-order valence-corrected chi connectivity index (χ0v) is 35.3. The van der Waals surface area contributed by atoms with Crippen molar-refractivity contribution in [3.8, 4) is 56.5 Å². The molecule has 0 amide bonds. The molecule has 0 aliphatic rings. The Morgan fingerprint density at radius 2 is 0.862 bits per heavy atom. The number of para-hydroxylation sites is 3. The summed E-state index contributed by atoms with van der Waals surface area (Å²) in [5.41, 5.74) is 11.1. The first kappa shape index (κ1) is 36.0. The Morgan fingerprint density at radius 1 is 0.323 bits per heavy atom. The monoisotopic (exact) mass is 848 g/mol. The van der Waals surface area contributed by atoms with E-state index in [1.165, 1.54) is 25.6 Å². The van der Waals surface area contributed by atoms with Gasteiger partial charge >= 0.3 is 0 Å². The van der Waals surface area contributed by atoms with Crippen LogP contribution in [-0.2, 0) is 0 Å². The second-order valence-electron chi connectivity index (χ2n) is 16.4. The lowest BCUT2D eigenvalue weighted by atomic mass is 9.92. The van der Waals surface area contributed by atoms with Crippen molar-refractivity contribution in [1.29, 1.82) is 0 Å². The lowest BCUT2D eigenvalue weighted by molar-refractivity contribution is 0.668. The summed E-state index contributed by atoms with van der Waals surface area (Å²) in [5.74, 6) is 1.69. The van der Waals surface area contributed by atoms with Gasteiger partial charge in [-0.05, 0) is 48.0 Å². The van der Waals surface area contributed by atoms with Gasteiger partial charge in [-0.15, -0.1) is 11.3 Å². The van der Waals surface area contributed by atoms with Crippen LogP contribution in [0.15, 0.2) is 203 Å². The Balaban J connectivity index is 0.999. The third kappa shape index (κ3) is 5.52. The molecule has 5 heterocycles. The molecular weight excluding hydrogens is 817 g/mol. The zero-order chi connectivity index (χ0) is 42.6. The number of hydrogen-bond donors (Lipinski definition) is 0. The van der Waals surface area contributed by atoms with Gasteiger partial charge in [0.2, 0.25) is 0 Å². The number of pyridine rings is 1. The zero-order valence-electron chi connectivity index (χ0n) is 34.5. The van der Waals surface area contributed by atoms with E-state index in [0.717, 1.165) is 99.2 Å². The lowest BCUT2D eigenvalue weighted by Crippen LogP contribution is -2.00. The van der Waals surface area contributed by atoms with Crippen molar-refractivity contribution in [1.82, 2.24) is 19.9 Å². The van der Waals surface area contributed by atoms with E-state index in [0.29, 0.717) is 17.5 Å². The van der Waals surface area contributed by atoms with E-state index >= 15 is 0 Å². The van der Waals surface area contributed by atoms with E-state index in [-0.39, 0.29) is 0 Å². The Labute approximate surface area is 374 Å². The summed E-state index contributed by atoms with van der Waals surface area (Å²) < 4.78 is 15.2. The standard InChI is InChI=1S/C58H32N4O2S/c1-2-14-34(15-3-1)54-43-32-42(55-53(39-19-7-11-27-49(39)65-55)52(43)36-16-4-8-22-44(36)59-54)33-28-30-35(31-29-33)56-60-57(40-20-12-25-47-50(40)37-17-5-9-23-45(37)63-47)62-58(61-56)41-21-13-26-48-51(41)38-18-6-10-24-46(38)64-48/h1-32H. The minimum Gasteiger partial charge on any atom is -0.456 e. The van der Waals surface area contributed by atoms with Gasteiger partial charge in [0.25, 0.3) is 0 Å². The third-order valence-corrected chi connectivity index (χ3v) is 13.9. The van der Waals surface area contributed by atoms with Gasteiger partial charge < -0.3 is 8.83 Å². The van der Waals surface area contributed by atoms with Crippen LogP contribution < -0.4 is 0 Å². The van der Waals surface area contributed by atoms with Crippen molar-refractivity contribution >= 4 is 97.1 Å². The van der Waals surface area contributed by atoms with Gasteiger partial charge in [0.1, 0.15) is 22.3 Å². The molecule has 65 heavy (non-hydrogen) atoms. The second kappa shape index (κ2) is 14.0. The SMILES string of the molecule is c1ccc(-c2nc3ccccc3c3c2cc(-c2ccc(-c4nc(-c5cccc6oc7ccccc7c56)nc(-c5cccc6oc7ccccc7c56)n4)cc2)c2sc4ccccc4c23)cc1. The molecule has 0 saturated heterocycles. The molecule has 0 radical (unpaired) electrons. The first-order chi connectivity index (χ1) is 32.2. The molecular formula is C58H32N4O2S. The third-order valence-electron chi connectivity index (χ3n) is 12.7. The first-order valence-electron chi connectivity index (χ1n) is 21.6. The predicted octanol–water partition coefficient (Wildman–Crippen LogP) is 16.1. The molecule has 0 spiro atoms. The van der Waals surface area contributed by atoms with E-state index in [4.69, 9.17) is 28.8 Å². The number of benzene rings is 9.